The highest BCUT2D eigenvalue weighted by atomic mass is 32.1. The molecule has 226 valence electrons. The third-order valence-electron chi connectivity index (χ3n) is 6.65. The Kier molecular flexibility index (Phi) is 7.23. The average molecular weight is 621 g/mol. The Morgan fingerprint density at radius 1 is 1.07 bits per heavy atom. The Labute approximate surface area is 244 Å². The van der Waals surface area contributed by atoms with E-state index >= 15 is 0 Å². The average Bonchev–Trinajstić information content (AvgIpc) is 3.61. The highest BCUT2D eigenvalue weighted by molar-refractivity contribution is 7.21. The third kappa shape index (κ3) is 5.42. The van der Waals surface area contributed by atoms with Gasteiger partial charge in [-0.25, -0.2) is 23.3 Å². The number of rotatable bonds is 6. The molecule has 2 amide bonds. The van der Waals surface area contributed by atoms with Crippen LogP contribution in [0.4, 0.5) is 27.6 Å². The Morgan fingerprint density at radius 2 is 1.77 bits per heavy atom. The van der Waals surface area contributed by atoms with E-state index in [-0.39, 0.29) is 37.7 Å². The lowest BCUT2D eigenvalue weighted by molar-refractivity contribution is -0.142. The van der Waals surface area contributed by atoms with Gasteiger partial charge in [-0.1, -0.05) is 20.8 Å². The van der Waals surface area contributed by atoms with Crippen LogP contribution < -0.4 is 11.1 Å². The molecule has 0 aromatic carbocycles. The summed E-state index contributed by atoms with van der Waals surface area (Å²) in [6, 6.07) is 3.10. The van der Waals surface area contributed by atoms with Gasteiger partial charge in [-0.3, -0.25) is 14.3 Å². The molecule has 0 saturated heterocycles. The number of primary amides is 1. The van der Waals surface area contributed by atoms with Crippen LogP contribution in [0.15, 0.2) is 24.4 Å². The Morgan fingerprint density at radius 3 is 2.33 bits per heavy atom. The number of nitrogens with one attached hydrogen (secondary N) is 1. The molecule has 0 atom stereocenters. The van der Waals surface area contributed by atoms with E-state index in [2.05, 4.69) is 25.5 Å². The molecule has 5 aromatic heterocycles. The number of carbonyl (C=O) groups is 2. The van der Waals surface area contributed by atoms with Crippen molar-refractivity contribution in [3.63, 3.8) is 0 Å². The summed E-state index contributed by atoms with van der Waals surface area (Å²) in [5.74, 6) is -1.96. The van der Waals surface area contributed by atoms with E-state index in [1.165, 1.54) is 0 Å². The van der Waals surface area contributed by atoms with Crippen LogP contribution in [0.25, 0.3) is 27.0 Å². The van der Waals surface area contributed by atoms with E-state index < -0.39 is 46.9 Å². The van der Waals surface area contributed by atoms with Gasteiger partial charge in [0.15, 0.2) is 11.3 Å². The summed E-state index contributed by atoms with van der Waals surface area (Å²) in [5.41, 5.74) is 3.63. The second-order valence-corrected chi connectivity index (χ2v) is 11.8. The second-order valence-electron chi connectivity index (χ2n) is 10.8. The number of aromatic nitrogens is 6. The van der Waals surface area contributed by atoms with Gasteiger partial charge in [0.1, 0.15) is 21.1 Å². The highest BCUT2D eigenvalue weighted by Crippen LogP contribution is 2.43. The van der Waals surface area contributed by atoms with Crippen LogP contribution in [0.5, 0.6) is 0 Å². The lowest BCUT2D eigenvalue weighted by Gasteiger charge is -2.19. The number of fused-ring (bicyclic) bond motifs is 2. The van der Waals surface area contributed by atoms with Crippen molar-refractivity contribution in [2.75, 3.05) is 5.32 Å². The van der Waals surface area contributed by atoms with Crippen LogP contribution in [-0.4, -0.2) is 41.2 Å². The highest BCUT2D eigenvalue weighted by Gasteiger charge is 2.37. The van der Waals surface area contributed by atoms with Crippen LogP contribution in [0.2, 0.25) is 0 Å². The van der Waals surface area contributed by atoms with Gasteiger partial charge in [-0.15, -0.1) is 11.3 Å². The summed E-state index contributed by atoms with van der Waals surface area (Å²) in [5, 5.41) is 10.9. The SMILES string of the molecule is CCn1cc(-c2cc(C(F)F)nc3sc(C(N)=O)c(NC(=O)c4cc5nc(C(C)(C)C)cc(C(F)(F)F)n5n4)c23)c(C)n1. The molecule has 43 heavy (non-hydrogen) atoms. The van der Waals surface area contributed by atoms with Crippen molar-refractivity contribution in [3.8, 4) is 11.1 Å². The molecule has 0 aliphatic carbocycles. The summed E-state index contributed by atoms with van der Waals surface area (Å²) in [7, 11) is 0. The minimum atomic E-state index is -4.81. The zero-order chi connectivity index (χ0) is 31.6. The molecule has 0 unspecified atom stereocenters. The fraction of sp³-hybridized carbons (Fsp3) is 0.333. The van der Waals surface area contributed by atoms with E-state index in [4.69, 9.17) is 5.73 Å². The van der Waals surface area contributed by atoms with Crippen LogP contribution in [0.1, 0.15) is 77.1 Å². The van der Waals surface area contributed by atoms with Crippen molar-refractivity contribution < 1.29 is 31.5 Å². The normalized spacial score (nSPS) is 12.5. The first-order valence-corrected chi connectivity index (χ1v) is 13.7. The number of anilines is 1. The molecule has 0 aliphatic heterocycles. The third-order valence-corrected chi connectivity index (χ3v) is 7.75. The van der Waals surface area contributed by atoms with Gasteiger partial charge in [0, 0.05) is 35.2 Å². The molecule has 5 rings (SSSR count). The van der Waals surface area contributed by atoms with Gasteiger partial charge in [-0.05, 0) is 31.5 Å². The molecule has 0 aliphatic rings. The van der Waals surface area contributed by atoms with Gasteiger partial charge < -0.3 is 11.1 Å². The molecule has 5 aromatic rings. The molecule has 10 nitrogen and oxygen atoms in total. The molecule has 16 heteroatoms. The van der Waals surface area contributed by atoms with Gasteiger partial charge in [0.2, 0.25) is 0 Å². The quantitative estimate of drug-likeness (QED) is 0.219. The van der Waals surface area contributed by atoms with E-state index in [0.29, 0.717) is 33.7 Å². The standard InChI is InChI=1S/C27H25F5N8O2S/c1-6-39-10-13(11(2)37-39)12-7-14(22(28)29)34-25-19(12)20(21(43-25)23(33)41)36-24(42)15-8-18-35-16(26(3,4)5)9-17(27(30,31)32)40(18)38-15/h7-10,22H,6H2,1-5H3,(H2,33,41)(H,36,42). The van der Waals surface area contributed by atoms with E-state index in [0.717, 1.165) is 18.2 Å². The van der Waals surface area contributed by atoms with Gasteiger partial charge in [-0.2, -0.15) is 23.4 Å². The number of hydrogen-bond donors (Lipinski definition) is 2. The molecule has 0 radical (unpaired) electrons. The van der Waals surface area contributed by atoms with Gasteiger partial charge >= 0.3 is 6.18 Å². The van der Waals surface area contributed by atoms with Crippen molar-refractivity contribution in [2.24, 2.45) is 5.73 Å². The van der Waals surface area contributed by atoms with Crippen LogP contribution in [-0.2, 0) is 18.1 Å². The second kappa shape index (κ2) is 10.4. The summed E-state index contributed by atoms with van der Waals surface area (Å²) in [6.45, 7) is 9.07. The first kappa shape index (κ1) is 30.0. The lowest BCUT2D eigenvalue weighted by Crippen LogP contribution is -2.20. The molecule has 0 bridgehead atoms. The van der Waals surface area contributed by atoms with Crippen LogP contribution in [0, 0.1) is 6.92 Å². The number of nitrogens with two attached hydrogens (primary N) is 1. The monoisotopic (exact) mass is 620 g/mol. The maximum Gasteiger partial charge on any atom is 0.433 e. The Balaban J connectivity index is 1.70. The minimum absolute atomic E-state index is 0.00797. The number of alkyl halides is 5. The molecular weight excluding hydrogens is 595 g/mol. The number of pyridine rings is 1. The van der Waals surface area contributed by atoms with Crippen LogP contribution >= 0.6 is 11.3 Å². The van der Waals surface area contributed by atoms with Gasteiger partial charge in [0.05, 0.1) is 17.1 Å². The molecule has 0 spiro atoms. The van der Waals surface area contributed by atoms with Crippen molar-refractivity contribution in [1.82, 2.24) is 29.4 Å². The van der Waals surface area contributed by atoms with Crippen molar-refractivity contribution in [2.45, 2.75) is 59.2 Å². The summed E-state index contributed by atoms with van der Waals surface area (Å²) in [4.78, 5) is 34.0. The van der Waals surface area contributed by atoms with E-state index in [1.54, 1.807) is 38.6 Å². The number of hydrogen-bond acceptors (Lipinski definition) is 7. The molecule has 5 heterocycles. The topological polar surface area (TPSA) is 133 Å². The molecular formula is C27H25F5N8O2S. The number of aryl methyl sites for hydroxylation is 2. The number of nitrogens with zero attached hydrogens (tertiary/aromatic N) is 6. The van der Waals surface area contributed by atoms with Crippen LogP contribution in [0.3, 0.4) is 0 Å². The number of carbonyl (C=O) groups excluding carboxylic acids is 2. The first-order valence-electron chi connectivity index (χ1n) is 12.9. The fourth-order valence-corrected chi connectivity index (χ4v) is 5.54. The number of halogens is 5. The van der Waals surface area contributed by atoms with Crippen molar-refractivity contribution >= 4 is 44.7 Å². The largest absolute Gasteiger partial charge is 0.433 e. The number of thiophene rings is 1. The van der Waals surface area contributed by atoms with Crippen molar-refractivity contribution in [1.29, 1.82) is 0 Å². The summed E-state index contributed by atoms with van der Waals surface area (Å²) < 4.78 is 71.7. The predicted octanol–water partition coefficient (Wildman–Crippen LogP) is 6.14. The summed E-state index contributed by atoms with van der Waals surface area (Å²) in [6.07, 6.45) is -6.13. The Hall–Kier alpha value is -4.47. The molecule has 0 saturated carbocycles. The van der Waals surface area contributed by atoms with E-state index in [1.807, 2.05) is 6.92 Å². The van der Waals surface area contributed by atoms with E-state index in [9.17, 15) is 31.5 Å². The first-order chi connectivity index (χ1) is 20.0. The summed E-state index contributed by atoms with van der Waals surface area (Å²) >= 11 is 0.696. The number of amides is 2. The molecule has 3 N–H and O–H groups in total. The smallest absolute Gasteiger partial charge is 0.365 e. The van der Waals surface area contributed by atoms with Crippen molar-refractivity contribution in [3.05, 3.63) is 57.7 Å². The zero-order valence-electron chi connectivity index (χ0n) is 23.5. The maximum atomic E-state index is 14.0. The zero-order valence-corrected chi connectivity index (χ0v) is 24.3. The lowest BCUT2D eigenvalue weighted by atomic mass is 9.91. The molecule has 0 fully saturated rings. The predicted molar refractivity (Wildman–Crippen MR) is 149 cm³/mol. The fourth-order valence-electron chi connectivity index (χ4n) is 4.53. The Bertz CT molecular complexity index is 1920. The maximum absolute atomic E-state index is 14.0. The van der Waals surface area contributed by atoms with Gasteiger partial charge in [0.25, 0.3) is 18.2 Å². The minimum Gasteiger partial charge on any atom is -0.365 e.